The third-order valence-corrected chi connectivity index (χ3v) is 3.30. The van der Waals surface area contributed by atoms with Gasteiger partial charge in [-0.3, -0.25) is 4.98 Å². The highest BCUT2D eigenvalue weighted by Gasteiger charge is 2.10. The van der Waals surface area contributed by atoms with Gasteiger partial charge in [-0.2, -0.15) is 0 Å². The number of benzene rings is 1. The molecule has 0 fully saturated rings. The molecule has 2 aromatic rings. The Morgan fingerprint density at radius 1 is 1.42 bits per heavy atom. The quantitative estimate of drug-likeness (QED) is 0.734. The number of aliphatic hydroxyl groups is 1. The van der Waals surface area contributed by atoms with E-state index in [2.05, 4.69) is 24.1 Å². The van der Waals surface area contributed by atoms with E-state index in [0.29, 0.717) is 11.5 Å². The summed E-state index contributed by atoms with van der Waals surface area (Å²) in [6.07, 6.45) is 0.840. The molecule has 0 spiro atoms. The Morgan fingerprint density at radius 2 is 2.21 bits per heavy atom. The maximum absolute atomic E-state index is 11.1. The van der Waals surface area contributed by atoms with Crippen LogP contribution in [0.1, 0.15) is 19.4 Å². The van der Waals surface area contributed by atoms with E-state index >= 15 is 0 Å². The third-order valence-electron chi connectivity index (χ3n) is 3.30. The van der Waals surface area contributed by atoms with Gasteiger partial charge in [0.15, 0.2) is 5.58 Å². The molecule has 1 aromatic heterocycles. The van der Waals surface area contributed by atoms with Crippen LogP contribution in [-0.2, 0) is 6.42 Å². The van der Waals surface area contributed by atoms with Crippen molar-refractivity contribution in [3.8, 4) is 0 Å². The molecular formula is C14H20N2O3. The van der Waals surface area contributed by atoms with E-state index in [1.165, 1.54) is 0 Å². The molecule has 2 rings (SSSR count). The molecule has 0 amide bonds. The van der Waals surface area contributed by atoms with Crippen LogP contribution in [0, 0.1) is 5.92 Å². The average molecular weight is 264 g/mol. The lowest BCUT2D eigenvalue weighted by Gasteiger charge is -2.19. The van der Waals surface area contributed by atoms with Crippen LogP contribution in [0.5, 0.6) is 0 Å². The zero-order chi connectivity index (χ0) is 13.8. The predicted molar refractivity (Wildman–Crippen MR) is 74.3 cm³/mol. The highest BCUT2D eigenvalue weighted by atomic mass is 16.4. The fourth-order valence-corrected chi connectivity index (χ4v) is 2.07. The van der Waals surface area contributed by atoms with Crippen molar-refractivity contribution in [2.24, 2.45) is 5.92 Å². The first-order chi connectivity index (χ1) is 9.10. The monoisotopic (exact) mass is 264 g/mol. The van der Waals surface area contributed by atoms with Crippen LogP contribution < -0.4 is 11.1 Å². The van der Waals surface area contributed by atoms with Gasteiger partial charge < -0.3 is 14.8 Å². The van der Waals surface area contributed by atoms with Crippen molar-refractivity contribution in [1.82, 2.24) is 10.3 Å². The van der Waals surface area contributed by atoms with Gasteiger partial charge >= 0.3 is 5.76 Å². The smallest absolute Gasteiger partial charge is 0.408 e. The van der Waals surface area contributed by atoms with Gasteiger partial charge in [-0.15, -0.1) is 0 Å². The molecule has 0 aliphatic rings. The molecule has 0 aliphatic heterocycles. The lowest BCUT2D eigenvalue weighted by molar-refractivity contribution is 0.212. The van der Waals surface area contributed by atoms with Crippen molar-refractivity contribution >= 4 is 11.1 Å². The summed E-state index contributed by atoms with van der Waals surface area (Å²) in [6.45, 7) is 5.09. The Labute approximate surface area is 111 Å². The third kappa shape index (κ3) is 3.45. The fraction of sp³-hybridized carbons (Fsp3) is 0.500. The topological polar surface area (TPSA) is 78.3 Å². The number of rotatable bonds is 6. The van der Waals surface area contributed by atoms with Crippen LogP contribution >= 0.6 is 0 Å². The maximum atomic E-state index is 11.1. The van der Waals surface area contributed by atoms with Crippen LogP contribution in [0.4, 0.5) is 0 Å². The molecule has 1 heterocycles. The highest BCUT2D eigenvalue weighted by Crippen LogP contribution is 2.12. The summed E-state index contributed by atoms with van der Waals surface area (Å²) in [4.78, 5) is 13.7. The summed E-state index contributed by atoms with van der Waals surface area (Å²) in [7, 11) is 0. The van der Waals surface area contributed by atoms with Crippen LogP contribution in [0.25, 0.3) is 11.1 Å². The van der Waals surface area contributed by atoms with Crippen molar-refractivity contribution in [2.45, 2.75) is 26.3 Å². The standard InChI is InChI=1S/C14H20N2O3/c1-9(2)12(8-17)15-6-5-10-3-4-13-11(7-10)16-14(18)19-13/h3-4,7,9,12,15,17H,5-6,8H2,1-2H3,(H,16,18). The summed E-state index contributed by atoms with van der Waals surface area (Å²) in [6, 6.07) is 5.79. The van der Waals surface area contributed by atoms with Gasteiger partial charge in [0.25, 0.3) is 0 Å². The largest absolute Gasteiger partial charge is 0.417 e. The molecule has 0 bridgehead atoms. The number of hydrogen-bond acceptors (Lipinski definition) is 4. The summed E-state index contributed by atoms with van der Waals surface area (Å²) in [5, 5.41) is 12.5. The van der Waals surface area contributed by atoms with Gasteiger partial charge in [0.1, 0.15) is 0 Å². The van der Waals surface area contributed by atoms with Gasteiger partial charge in [-0.05, 0) is 36.6 Å². The molecule has 5 heteroatoms. The molecule has 1 unspecified atom stereocenters. The first kappa shape index (κ1) is 13.8. The lowest BCUT2D eigenvalue weighted by atomic mass is 10.0. The molecule has 1 aromatic carbocycles. The number of H-pyrrole nitrogens is 1. The van der Waals surface area contributed by atoms with Crippen molar-refractivity contribution in [2.75, 3.05) is 13.2 Å². The first-order valence-electron chi connectivity index (χ1n) is 6.56. The number of aromatic amines is 1. The molecular weight excluding hydrogens is 244 g/mol. The van der Waals surface area contributed by atoms with Gasteiger partial charge in [0.05, 0.1) is 12.1 Å². The van der Waals surface area contributed by atoms with E-state index in [0.717, 1.165) is 24.0 Å². The zero-order valence-corrected chi connectivity index (χ0v) is 11.3. The minimum Gasteiger partial charge on any atom is -0.408 e. The van der Waals surface area contributed by atoms with Gasteiger partial charge in [-0.1, -0.05) is 19.9 Å². The molecule has 104 valence electrons. The molecule has 0 aliphatic carbocycles. The van der Waals surface area contributed by atoms with Crippen LogP contribution in [0.2, 0.25) is 0 Å². The minimum absolute atomic E-state index is 0.123. The number of nitrogens with one attached hydrogen (secondary N) is 2. The number of oxazole rings is 1. The Morgan fingerprint density at radius 3 is 2.89 bits per heavy atom. The second-order valence-electron chi connectivity index (χ2n) is 5.08. The van der Waals surface area contributed by atoms with E-state index < -0.39 is 5.76 Å². The summed E-state index contributed by atoms with van der Waals surface area (Å²) in [5.41, 5.74) is 2.43. The molecule has 3 N–H and O–H groups in total. The number of fused-ring (bicyclic) bond motifs is 1. The average Bonchev–Trinajstić information content (AvgIpc) is 2.73. The summed E-state index contributed by atoms with van der Waals surface area (Å²) < 4.78 is 4.95. The zero-order valence-electron chi connectivity index (χ0n) is 11.3. The fourth-order valence-electron chi connectivity index (χ4n) is 2.07. The molecule has 0 radical (unpaired) electrons. The molecule has 1 atom stereocenters. The van der Waals surface area contributed by atoms with Crippen molar-refractivity contribution in [3.05, 3.63) is 34.3 Å². The molecule has 0 saturated carbocycles. The Hall–Kier alpha value is -1.59. The molecule has 19 heavy (non-hydrogen) atoms. The van der Waals surface area contributed by atoms with E-state index in [9.17, 15) is 9.90 Å². The first-order valence-corrected chi connectivity index (χ1v) is 6.56. The van der Waals surface area contributed by atoms with Crippen molar-refractivity contribution in [1.29, 1.82) is 0 Å². The van der Waals surface area contributed by atoms with Crippen molar-refractivity contribution in [3.63, 3.8) is 0 Å². The van der Waals surface area contributed by atoms with E-state index in [-0.39, 0.29) is 12.6 Å². The van der Waals surface area contributed by atoms with E-state index in [4.69, 9.17) is 4.42 Å². The van der Waals surface area contributed by atoms with Crippen molar-refractivity contribution < 1.29 is 9.52 Å². The van der Waals surface area contributed by atoms with Gasteiger partial charge in [-0.25, -0.2) is 4.79 Å². The Balaban J connectivity index is 1.96. The minimum atomic E-state index is -0.426. The second kappa shape index (κ2) is 6.04. The van der Waals surface area contributed by atoms with Crippen LogP contribution in [0.3, 0.4) is 0 Å². The number of aromatic nitrogens is 1. The van der Waals surface area contributed by atoms with Gasteiger partial charge in [0, 0.05) is 6.04 Å². The van der Waals surface area contributed by atoms with Crippen LogP contribution in [-0.4, -0.2) is 29.3 Å². The second-order valence-corrected chi connectivity index (χ2v) is 5.08. The Bertz CT molecular complexity index is 586. The normalized spacial score (nSPS) is 13.3. The SMILES string of the molecule is CC(C)C(CO)NCCc1ccc2oc(=O)[nH]c2c1. The summed E-state index contributed by atoms with van der Waals surface area (Å²) >= 11 is 0. The predicted octanol–water partition coefficient (Wildman–Crippen LogP) is 1.27. The highest BCUT2D eigenvalue weighted by molar-refractivity contribution is 5.72. The van der Waals surface area contributed by atoms with E-state index in [1.54, 1.807) is 6.07 Å². The maximum Gasteiger partial charge on any atom is 0.417 e. The van der Waals surface area contributed by atoms with Crippen LogP contribution in [0.15, 0.2) is 27.4 Å². The van der Waals surface area contributed by atoms with E-state index in [1.807, 2.05) is 12.1 Å². The Kier molecular flexibility index (Phi) is 4.39. The van der Waals surface area contributed by atoms with Gasteiger partial charge in [0.2, 0.25) is 0 Å². The molecule has 0 saturated heterocycles. The summed E-state index contributed by atoms with van der Waals surface area (Å²) in [5.74, 6) is -0.0249. The number of aliphatic hydroxyl groups excluding tert-OH is 1. The number of hydrogen-bond donors (Lipinski definition) is 3. The molecule has 5 nitrogen and oxygen atoms in total. The lowest BCUT2D eigenvalue weighted by Crippen LogP contribution is -2.38.